The van der Waals surface area contributed by atoms with Gasteiger partial charge in [-0.3, -0.25) is 4.79 Å². The fraction of sp³-hybridized carbons (Fsp3) is 0.143. The Morgan fingerprint density at radius 2 is 1.90 bits per heavy atom. The molecule has 4 nitrogen and oxygen atoms in total. The van der Waals surface area contributed by atoms with Gasteiger partial charge in [0.2, 0.25) is 0 Å². The van der Waals surface area contributed by atoms with Gasteiger partial charge < -0.3 is 9.84 Å². The predicted octanol–water partition coefficient (Wildman–Crippen LogP) is 2.94. The molecule has 21 heavy (non-hydrogen) atoms. The highest BCUT2D eigenvalue weighted by Crippen LogP contribution is 2.16. The summed E-state index contributed by atoms with van der Waals surface area (Å²) in [5, 5.41) is 8.22. The van der Waals surface area contributed by atoms with Crippen molar-refractivity contribution in [2.24, 2.45) is 0 Å². The van der Waals surface area contributed by atoms with Crippen LogP contribution in [0.5, 0.6) is 0 Å². The van der Waals surface area contributed by atoms with Crippen LogP contribution in [-0.4, -0.2) is 24.0 Å². The van der Waals surface area contributed by atoms with Crippen molar-refractivity contribution in [1.29, 1.82) is 0 Å². The molecule has 0 aliphatic heterocycles. The Balaban J connectivity index is 0.000000384. The van der Waals surface area contributed by atoms with Crippen LogP contribution in [-0.2, 0) is 14.3 Å². The first-order valence-corrected chi connectivity index (χ1v) is 5.65. The summed E-state index contributed by atoms with van der Waals surface area (Å²) >= 11 is 0. The summed E-state index contributed by atoms with van der Waals surface area (Å²) in [6.45, 7) is 5.19. The van der Waals surface area contributed by atoms with Gasteiger partial charge in [-0.1, -0.05) is 12.7 Å². The monoisotopic (exact) mass is 302 g/mol. The molecule has 114 valence electrons. The summed E-state index contributed by atoms with van der Waals surface area (Å²) in [6.07, 6.45) is 2.10. The van der Waals surface area contributed by atoms with Crippen molar-refractivity contribution in [2.45, 2.75) is 6.92 Å². The minimum Gasteiger partial charge on any atom is -0.500 e. The highest BCUT2D eigenvalue weighted by atomic mass is 19.2. The number of carboxylic acids is 1. The fourth-order valence-electron chi connectivity index (χ4n) is 1.03. The average Bonchev–Trinajstić information content (AvgIpc) is 2.45. The van der Waals surface area contributed by atoms with Gasteiger partial charge >= 0.3 is 5.97 Å². The Bertz CT molecular complexity index is 553. The molecular formula is C14H13F3O4. The van der Waals surface area contributed by atoms with Gasteiger partial charge in [-0.05, 0) is 19.1 Å². The van der Waals surface area contributed by atoms with Crippen molar-refractivity contribution < 1.29 is 32.6 Å². The van der Waals surface area contributed by atoms with Crippen LogP contribution in [0.25, 0.3) is 6.08 Å². The van der Waals surface area contributed by atoms with Crippen LogP contribution in [0.4, 0.5) is 13.2 Å². The first kappa shape index (κ1) is 18.4. The maximum atomic E-state index is 12.6. The first-order chi connectivity index (χ1) is 9.88. The zero-order valence-electron chi connectivity index (χ0n) is 11.1. The Labute approximate surface area is 119 Å². The molecule has 0 aromatic heterocycles. The van der Waals surface area contributed by atoms with Gasteiger partial charge in [0, 0.05) is 5.56 Å². The number of hydrogen-bond donors (Lipinski definition) is 1. The van der Waals surface area contributed by atoms with Gasteiger partial charge in [0.15, 0.2) is 17.9 Å². The summed E-state index contributed by atoms with van der Waals surface area (Å²) < 4.78 is 42.1. The average molecular weight is 302 g/mol. The Morgan fingerprint density at radius 1 is 1.33 bits per heavy atom. The molecule has 0 aliphatic rings. The Kier molecular flexibility index (Phi) is 8.21. The molecule has 0 aliphatic carbocycles. The number of carbonyl (C=O) groups is 2. The first-order valence-electron chi connectivity index (χ1n) is 5.65. The molecule has 1 aromatic rings. The molecule has 0 radical (unpaired) electrons. The topological polar surface area (TPSA) is 63.6 Å². The zero-order chi connectivity index (χ0) is 16.4. The van der Waals surface area contributed by atoms with Gasteiger partial charge in [0.25, 0.3) is 0 Å². The van der Waals surface area contributed by atoms with E-state index in [9.17, 15) is 22.8 Å². The fourth-order valence-corrected chi connectivity index (χ4v) is 1.03. The number of rotatable bonds is 5. The number of hydrogen-bond acceptors (Lipinski definition) is 3. The number of carboxylic acid groups (broad SMARTS) is 1. The van der Waals surface area contributed by atoms with Crippen molar-refractivity contribution in [3.8, 4) is 0 Å². The van der Waals surface area contributed by atoms with Gasteiger partial charge in [0.05, 0.1) is 6.61 Å². The summed E-state index contributed by atoms with van der Waals surface area (Å²) in [5.41, 5.74) is -0.799. The molecule has 7 heteroatoms. The minimum atomic E-state index is -1.27. The standard InChI is InChI=1S/C8H5F3.C6H8O4/c1-2-5-6(9)3-4-7(10)8(5)11;1-2-10-4-5(3-7)6(8)9/h2-4H,1H2;3-4H,2H2,1H3,(H,8,9). The third-order valence-corrected chi connectivity index (χ3v) is 2.03. The Hall–Kier alpha value is -2.57. The van der Waals surface area contributed by atoms with Crippen LogP contribution in [0.1, 0.15) is 12.5 Å². The SMILES string of the molecule is C=Cc1c(F)ccc(F)c1F.CCOC=C(C=O)C(=O)O. The van der Waals surface area contributed by atoms with Crippen molar-refractivity contribution >= 4 is 18.3 Å². The summed E-state index contributed by atoms with van der Waals surface area (Å²) in [4.78, 5) is 20.0. The second-order valence-corrected chi connectivity index (χ2v) is 3.41. The molecule has 0 atom stereocenters. The quantitative estimate of drug-likeness (QED) is 0.227. The van der Waals surface area contributed by atoms with Gasteiger partial charge in [-0.15, -0.1) is 0 Å². The third kappa shape index (κ3) is 5.94. The lowest BCUT2D eigenvalue weighted by molar-refractivity contribution is -0.133. The molecule has 0 bridgehead atoms. The summed E-state index contributed by atoms with van der Waals surface area (Å²) in [7, 11) is 0. The maximum absolute atomic E-state index is 12.6. The lowest BCUT2D eigenvalue weighted by atomic mass is 10.2. The zero-order valence-corrected chi connectivity index (χ0v) is 11.1. The largest absolute Gasteiger partial charge is 0.500 e. The van der Waals surface area contributed by atoms with Crippen LogP contribution < -0.4 is 0 Å². The van der Waals surface area contributed by atoms with Crippen LogP contribution in [0.2, 0.25) is 0 Å². The third-order valence-electron chi connectivity index (χ3n) is 2.03. The number of carbonyl (C=O) groups excluding carboxylic acids is 1. The van der Waals surface area contributed by atoms with Crippen molar-refractivity contribution in [1.82, 2.24) is 0 Å². The predicted molar refractivity (Wildman–Crippen MR) is 69.8 cm³/mol. The highest BCUT2D eigenvalue weighted by molar-refractivity contribution is 6.06. The van der Waals surface area contributed by atoms with E-state index in [-0.39, 0.29) is 11.9 Å². The maximum Gasteiger partial charge on any atom is 0.342 e. The van der Waals surface area contributed by atoms with E-state index in [2.05, 4.69) is 11.3 Å². The van der Waals surface area contributed by atoms with E-state index in [1.807, 2.05) is 0 Å². The van der Waals surface area contributed by atoms with E-state index in [4.69, 9.17) is 5.11 Å². The molecule has 0 fully saturated rings. The van der Waals surface area contributed by atoms with E-state index in [0.717, 1.165) is 24.5 Å². The minimum absolute atomic E-state index is 0.234. The van der Waals surface area contributed by atoms with E-state index in [0.29, 0.717) is 6.61 Å². The smallest absolute Gasteiger partial charge is 0.342 e. The van der Waals surface area contributed by atoms with Crippen LogP contribution in [0, 0.1) is 17.5 Å². The van der Waals surface area contributed by atoms with E-state index in [1.54, 1.807) is 6.92 Å². The van der Waals surface area contributed by atoms with Crippen LogP contribution >= 0.6 is 0 Å². The summed E-state index contributed by atoms with van der Waals surface area (Å²) in [5.74, 6) is -4.34. The van der Waals surface area contributed by atoms with E-state index < -0.39 is 29.0 Å². The highest BCUT2D eigenvalue weighted by Gasteiger charge is 2.09. The molecule has 0 heterocycles. The normalized spacial score (nSPS) is 10.2. The molecule has 1 rings (SSSR count). The number of benzene rings is 1. The molecule has 0 saturated carbocycles. The van der Waals surface area contributed by atoms with Gasteiger partial charge in [-0.2, -0.15) is 0 Å². The number of halogens is 3. The van der Waals surface area contributed by atoms with Crippen molar-refractivity contribution in [2.75, 3.05) is 6.61 Å². The second-order valence-electron chi connectivity index (χ2n) is 3.41. The van der Waals surface area contributed by atoms with E-state index >= 15 is 0 Å². The van der Waals surface area contributed by atoms with Crippen molar-refractivity contribution in [3.63, 3.8) is 0 Å². The van der Waals surface area contributed by atoms with Gasteiger partial charge in [-0.25, -0.2) is 18.0 Å². The molecule has 0 amide bonds. The van der Waals surface area contributed by atoms with Crippen LogP contribution in [0.15, 0.2) is 30.5 Å². The van der Waals surface area contributed by atoms with Crippen molar-refractivity contribution in [3.05, 3.63) is 53.6 Å². The molecule has 1 N–H and O–H groups in total. The number of ether oxygens (including phenoxy) is 1. The number of aliphatic carboxylic acids is 1. The Morgan fingerprint density at radius 3 is 2.29 bits per heavy atom. The lowest BCUT2D eigenvalue weighted by Gasteiger charge is -1.98. The summed E-state index contributed by atoms with van der Waals surface area (Å²) in [6, 6.07) is 1.59. The molecule has 0 unspecified atom stereocenters. The molecule has 0 spiro atoms. The molecule has 0 saturated heterocycles. The van der Waals surface area contributed by atoms with E-state index in [1.165, 1.54) is 0 Å². The van der Waals surface area contributed by atoms with Crippen LogP contribution in [0.3, 0.4) is 0 Å². The van der Waals surface area contributed by atoms with Gasteiger partial charge in [0.1, 0.15) is 17.7 Å². The number of aldehydes is 1. The molecule has 1 aromatic carbocycles. The lowest BCUT2D eigenvalue weighted by Crippen LogP contribution is -2.02. The molecular weight excluding hydrogens is 289 g/mol. The second kappa shape index (κ2) is 9.35.